The standard InChI is InChI=1S/C15H22FNO/c1-3-9-17-12-8-10-18-15(2,11-12)13-6-4-5-7-14(13)16/h4-7,12,17H,3,8-11H2,1-2H3. The highest BCUT2D eigenvalue weighted by molar-refractivity contribution is 5.24. The van der Waals surface area contributed by atoms with Crippen molar-refractivity contribution in [2.24, 2.45) is 0 Å². The average Bonchev–Trinajstić information content (AvgIpc) is 2.37. The average molecular weight is 251 g/mol. The second-order valence-electron chi connectivity index (χ2n) is 5.20. The quantitative estimate of drug-likeness (QED) is 0.887. The highest BCUT2D eigenvalue weighted by Crippen LogP contribution is 2.36. The van der Waals surface area contributed by atoms with E-state index in [-0.39, 0.29) is 5.82 Å². The lowest BCUT2D eigenvalue weighted by molar-refractivity contribution is -0.0831. The molecular weight excluding hydrogens is 229 g/mol. The molecule has 1 fully saturated rings. The van der Waals surface area contributed by atoms with Gasteiger partial charge in [-0.15, -0.1) is 0 Å². The third-order valence-electron chi connectivity index (χ3n) is 3.65. The van der Waals surface area contributed by atoms with E-state index in [1.54, 1.807) is 6.07 Å². The molecule has 100 valence electrons. The molecule has 2 nitrogen and oxygen atoms in total. The first kappa shape index (κ1) is 13.5. The predicted octanol–water partition coefficient (Wildman–Crippen LogP) is 3.22. The van der Waals surface area contributed by atoms with Crippen molar-refractivity contribution < 1.29 is 9.13 Å². The molecule has 18 heavy (non-hydrogen) atoms. The Balaban J connectivity index is 2.13. The molecule has 1 saturated heterocycles. The van der Waals surface area contributed by atoms with E-state index in [0.717, 1.165) is 25.8 Å². The first-order chi connectivity index (χ1) is 8.65. The van der Waals surface area contributed by atoms with Crippen molar-refractivity contribution >= 4 is 0 Å². The van der Waals surface area contributed by atoms with E-state index in [1.165, 1.54) is 6.07 Å². The Bertz CT molecular complexity index is 396. The van der Waals surface area contributed by atoms with Crippen LogP contribution in [0.3, 0.4) is 0 Å². The van der Waals surface area contributed by atoms with Crippen molar-refractivity contribution in [3.63, 3.8) is 0 Å². The van der Waals surface area contributed by atoms with Crippen LogP contribution in [0.5, 0.6) is 0 Å². The van der Waals surface area contributed by atoms with Crippen molar-refractivity contribution in [2.75, 3.05) is 13.2 Å². The van der Waals surface area contributed by atoms with Gasteiger partial charge in [0.05, 0.1) is 5.60 Å². The molecule has 2 atom stereocenters. The third kappa shape index (κ3) is 2.90. The molecule has 2 unspecified atom stereocenters. The lowest BCUT2D eigenvalue weighted by Crippen LogP contribution is -2.44. The van der Waals surface area contributed by atoms with Crippen molar-refractivity contribution in [3.8, 4) is 0 Å². The lowest BCUT2D eigenvalue weighted by Gasteiger charge is -2.39. The molecule has 0 radical (unpaired) electrons. The number of nitrogens with one attached hydrogen (secondary N) is 1. The van der Waals surface area contributed by atoms with E-state index in [0.29, 0.717) is 18.2 Å². The van der Waals surface area contributed by atoms with Gasteiger partial charge in [0.25, 0.3) is 0 Å². The summed E-state index contributed by atoms with van der Waals surface area (Å²) in [5, 5.41) is 3.51. The van der Waals surface area contributed by atoms with Crippen molar-refractivity contribution in [2.45, 2.75) is 44.8 Å². The fraction of sp³-hybridized carbons (Fsp3) is 0.600. The number of hydrogen-bond donors (Lipinski definition) is 1. The van der Waals surface area contributed by atoms with Gasteiger partial charge >= 0.3 is 0 Å². The van der Waals surface area contributed by atoms with E-state index in [1.807, 2.05) is 19.1 Å². The van der Waals surface area contributed by atoms with Crippen molar-refractivity contribution in [3.05, 3.63) is 35.6 Å². The van der Waals surface area contributed by atoms with E-state index < -0.39 is 5.60 Å². The first-order valence-electron chi connectivity index (χ1n) is 6.78. The fourth-order valence-corrected chi connectivity index (χ4v) is 2.66. The topological polar surface area (TPSA) is 21.3 Å². The lowest BCUT2D eigenvalue weighted by atomic mass is 9.85. The molecule has 0 amide bonds. The van der Waals surface area contributed by atoms with Crippen LogP contribution in [0.2, 0.25) is 0 Å². The fourth-order valence-electron chi connectivity index (χ4n) is 2.66. The third-order valence-corrected chi connectivity index (χ3v) is 3.65. The minimum atomic E-state index is -0.505. The van der Waals surface area contributed by atoms with Crippen molar-refractivity contribution in [1.82, 2.24) is 5.32 Å². The van der Waals surface area contributed by atoms with E-state index in [2.05, 4.69) is 12.2 Å². The Morgan fingerprint density at radius 1 is 1.44 bits per heavy atom. The summed E-state index contributed by atoms with van der Waals surface area (Å²) in [5.74, 6) is -0.170. The SMILES string of the molecule is CCCNC1CCOC(C)(c2ccccc2F)C1. The summed E-state index contributed by atoms with van der Waals surface area (Å²) >= 11 is 0. The Kier molecular flexibility index (Phi) is 4.36. The zero-order chi connectivity index (χ0) is 13.0. The number of ether oxygens (including phenoxy) is 1. The molecule has 1 aromatic carbocycles. The first-order valence-corrected chi connectivity index (χ1v) is 6.78. The summed E-state index contributed by atoms with van der Waals surface area (Å²) in [6, 6.07) is 7.35. The van der Waals surface area contributed by atoms with Gasteiger partial charge in [-0.3, -0.25) is 0 Å². The van der Waals surface area contributed by atoms with Crippen LogP contribution in [0.25, 0.3) is 0 Å². The molecule has 0 spiro atoms. The minimum Gasteiger partial charge on any atom is -0.370 e. The van der Waals surface area contributed by atoms with Gasteiger partial charge in [-0.25, -0.2) is 4.39 Å². The van der Waals surface area contributed by atoms with Gasteiger partial charge in [0.2, 0.25) is 0 Å². The summed E-state index contributed by atoms with van der Waals surface area (Å²) in [6.07, 6.45) is 2.95. The Morgan fingerprint density at radius 2 is 2.22 bits per heavy atom. The van der Waals surface area contributed by atoms with Crippen molar-refractivity contribution in [1.29, 1.82) is 0 Å². The van der Waals surface area contributed by atoms with Gasteiger partial charge < -0.3 is 10.1 Å². The molecule has 1 aromatic rings. The second-order valence-corrected chi connectivity index (χ2v) is 5.20. The highest BCUT2D eigenvalue weighted by atomic mass is 19.1. The van der Waals surface area contributed by atoms with Crippen LogP contribution in [-0.4, -0.2) is 19.2 Å². The van der Waals surface area contributed by atoms with E-state index in [9.17, 15) is 4.39 Å². The van der Waals surface area contributed by atoms with Crippen LogP contribution in [0, 0.1) is 5.82 Å². The van der Waals surface area contributed by atoms with Crippen LogP contribution in [0.4, 0.5) is 4.39 Å². The summed E-state index contributed by atoms with van der Waals surface area (Å²) in [6.45, 7) is 5.85. The molecular formula is C15H22FNO. The van der Waals surface area contributed by atoms with Crippen LogP contribution in [0.15, 0.2) is 24.3 Å². The largest absolute Gasteiger partial charge is 0.370 e. The maximum absolute atomic E-state index is 13.9. The van der Waals surface area contributed by atoms with Gasteiger partial charge in [-0.1, -0.05) is 25.1 Å². The summed E-state index contributed by atoms with van der Waals surface area (Å²) in [4.78, 5) is 0. The minimum absolute atomic E-state index is 0.170. The summed E-state index contributed by atoms with van der Waals surface area (Å²) in [5.41, 5.74) is 0.169. The molecule has 1 aliphatic heterocycles. The number of benzene rings is 1. The molecule has 3 heteroatoms. The number of halogens is 1. The summed E-state index contributed by atoms with van der Waals surface area (Å²) < 4.78 is 19.8. The molecule has 0 saturated carbocycles. The predicted molar refractivity (Wildman–Crippen MR) is 71.0 cm³/mol. The van der Waals surface area contributed by atoms with Gasteiger partial charge in [-0.2, -0.15) is 0 Å². The van der Waals surface area contributed by atoms with Gasteiger partial charge in [0, 0.05) is 18.2 Å². The second kappa shape index (κ2) is 5.81. The molecule has 0 aromatic heterocycles. The molecule has 1 aliphatic rings. The molecule has 2 rings (SSSR count). The maximum atomic E-state index is 13.9. The molecule has 0 aliphatic carbocycles. The highest BCUT2D eigenvalue weighted by Gasteiger charge is 2.36. The Labute approximate surface area is 109 Å². The Hall–Kier alpha value is -0.930. The van der Waals surface area contributed by atoms with Gasteiger partial charge in [0.1, 0.15) is 5.82 Å². The summed E-state index contributed by atoms with van der Waals surface area (Å²) in [7, 11) is 0. The zero-order valence-electron chi connectivity index (χ0n) is 11.2. The van der Waals surface area contributed by atoms with Gasteiger partial charge in [0.15, 0.2) is 0 Å². The van der Waals surface area contributed by atoms with E-state index >= 15 is 0 Å². The van der Waals surface area contributed by atoms with E-state index in [4.69, 9.17) is 4.74 Å². The number of hydrogen-bond acceptors (Lipinski definition) is 2. The Morgan fingerprint density at radius 3 is 2.94 bits per heavy atom. The maximum Gasteiger partial charge on any atom is 0.129 e. The molecule has 0 bridgehead atoms. The normalized spacial score (nSPS) is 28.3. The van der Waals surface area contributed by atoms with Crippen LogP contribution >= 0.6 is 0 Å². The smallest absolute Gasteiger partial charge is 0.129 e. The molecule has 1 heterocycles. The van der Waals surface area contributed by atoms with Crippen LogP contribution in [-0.2, 0) is 10.3 Å². The van der Waals surface area contributed by atoms with Crippen LogP contribution < -0.4 is 5.32 Å². The monoisotopic (exact) mass is 251 g/mol. The zero-order valence-corrected chi connectivity index (χ0v) is 11.2. The van der Waals surface area contributed by atoms with Crippen LogP contribution in [0.1, 0.15) is 38.7 Å². The molecule has 1 N–H and O–H groups in total. The number of rotatable bonds is 4. The van der Waals surface area contributed by atoms with Gasteiger partial charge in [-0.05, 0) is 38.8 Å².